The van der Waals surface area contributed by atoms with Crippen LogP contribution in [0.1, 0.15) is 12.8 Å². The highest BCUT2D eigenvalue weighted by Crippen LogP contribution is 2.32. The molecule has 0 saturated heterocycles. The number of guanidine groups is 1. The van der Waals surface area contributed by atoms with Crippen LogP contribution in [-0.2, 0) is 9.84 Å². The molecule has 1 saturated carbocycles. The first-order chi connectivity index (χ1) is 11.4. The maximum absolute atomic E-state index is 12.2. The Hall–Kier alpha value is -2.54. The molecule has 1 fully saturated rings. The van der Waals surface area contributed by atoms with Crippen molar-refractivity contribution in [1.82, 2.24) is 0 Å². The molecule has 1 aliphatic rings. The highest BCUT2D eigenvalue weighted by molar-refractivity contribution is 7.91. The number of hydrogen-bond donors (Lipinski definition) is 3. The maximum atomic E-state index is 12.2. The molecule has 0 radical (unpaired) electrons. The van der Waals surface area contributed by atoms with Gasteiger partial charge in [-0.1, -0.05) is 0 Å². The van der Waals surface area contributed by atoms with E-state index < -0.39 is 9.84 Å². The van der Waals surface area contributed by atoms with E-state index in [0.29, 0.717) is 28.0 Å². The fourth-order valence-electron chi connectivity index (χ4n) is 2.30. The molecule has 4 N–H and O–H groups in total. The van der Waals surface area contributed by atoms with Gasteiger partial charge >= 0.3 is 0 Å². The Morgan fingerprint density at radius 1 is 1.08 bits per heavy atom. The number of ether oxygens (including phenoxy) is 1. The van der Waals surface area contributed by atoms with Crippen molar-refractivity contribution in [2.45, 2.75) is 17.7 Å². The first-order valence-electron chi connectivity index (χ1n) is 7.64. The molecule has 2 aromatic carbocycles. The highest BCUT2D eigenvalue weighted by atomic mass is 32.2. The molecule has 0 atom stereocenters. The Morgan fingerprint density at radius 2 is 1.62 bits per heavy atom. The lowest BCUT2D eigenvalue weighted by Crippen LogP contribution is -2.20. The van der Waals surface area contributed by atoms with Gasteiger partial charge in [-0.05, 0) is 67.3 Å². The lowest BCUT2D eigenvalue weighted by atomic mass is 10.3. The molecule has 0 aliphatic heterocycles. The number of benzene rings is 2. The summed E-state index contributed by atoms with van der Waals surface area (Å²) in [7, 11) is -3.20. The van der Waals surface area contributed by atoms with Crippen LogP contribution in [0, 0.1) is 11.3 Å². The number of sulfone groups is 1. The van der Waals surface area contributed by atoms with E-state index in [-0.39, 0.29) is 11.7 Å². The average Bonchev–Trinajstić information content (AvgIpc) is 3.33. The predicted octanol–water partition coefficient (Wildman–Crippen LogP) is 2.97. The fraction of sp³-hybridized carbons (Fsp3) is 0.235. The van der Waals surface area contributed by atoms with E-state index in [9.17, 15) is 8.42 Å². The van der Waals surface area contributed by atoms with Crippen molar-refractivity contribution in [3.05, 3.63) is 48.5 Å². The van der Waals surface area contributed by atoms with Crippen LogP contribution in [0.5, 0.6) is 11.5 Å². The quantitative estimate of drug-likeness (QED) is 0.551. The van der Waals surface area contributed by atoms with Crippen molar-refractivity contribution >= 4 is 21.5 Å². The van der Waals surface area contributed by atoms with Crippen LogP contribution in [0.4, 0.5) is 5.69 Å². The lowest BCUT2D eigenvalue weighted by molar-refractivity contribution is 0.482. The second-order valence-electron chi connectivity index (χ2n) is 5.86. The van der Waals surface area contributed by atoms with Crippen LogP contribution in [0.3, 0.4) is 0 Å². The molecule has 0 unspecified atom stereocenters. The second-order valence-corrected chi connectivity index (χ2v) is 7.90. The minimum atomic E-state index is -3.20. The summed E-state index contributed by atoms with van der Waals surface area (Å²) in [5.41, 5.74) is 5.95. The first kappa shape index (κ1) is 16.3. The SMILES string of the molecule is N=C(N)Nc1ccc(Oc2ccc(S(=O)(=O)CC3CC3)cc2)cc1. The summed E-state index contributed by atoms with van der Waals surface area (Å²) in [5.74, 6) is 1.60. The molecule has 1 aliphatic carbocycles. The number of nitrogens with one attached hydrogen (secondary N) is 2. The minimum absolute atomic E-state index is 0.133. The molecule has 7 heteroatoms. The molecule has 24 heavy (non-hydrogen) atoms. The topological polar surface area (TPSA) is 105 Å². The zero-order valence-corrected chi connectivity index (χ0v) is 13.8. The van der Waals surface area contributed by atoms with Gasteiger partial charge in [0.25, 0.3) is 0 Å². The smallest absolute Gasteiger partial charge is 0.190 e. The van der Waals surface area contributed by atoms with Crippen LogP contribution in [-0.4, -0.2) is 20.1 Å². The van der Waals surface area contributed by atoms with E-state index in [1.54, 1.807) is 48.5 Å². The first-order valence-corrected chi connectivity index (χ1v) is 9.29. The van der Waals surface area contributed by atoms with E-state index in [1.165, 1.54) is 0 Å². The summed E-state index contributed by atoms with van der Waals surface area (Å²) in [6.45, 7) is 0. The highest BCUT2D eigenvalue weighted by Gasteiger charge is 2.28. The second kappa shape index (κ2) is 6.52. The monoisotopic (exact) mass is 345 g/mol. The van der Waals surface area contributed by atoms with Crippen LogP contribution in [0.2, 0.25) is 0 Å². The van der Waals surface area contributed by atoms with Gasteiger partial charge in [0.2, 0.25) is 0 Å². The Balaban J connectivity index is 1.66. The van der Waals surface area contributed by atoms with Gasteiger partial charge in [0.1, 0.15) is 11.5 Å². The predicted molar refractivity (Wildman–Crippen MR) is 93.3 cm³/mol. The van der Waals surface area contributed by atoms with Crippen molar-refractivity contribution in [3.8, 4) is 11.5 Å². The summed E-state index contributed by atoms with van der Waals surface area (Å²) in [6.07, 6.45) is 2.02. The Bertz CT molecular complexity index is 826. The standard InChI is InChI=1S/C17H19N3O3S/c18-17(19)20-13-3-5-14(6-4-13)23-15-7-9-16(10-8-15)24(21,22)11-12-1-2-12/h3-10,12H,1-2,11H2,(H4,18,19,20). The Kier molecular flexibility index (Phi) is 4.44. The average molecular weight is 345 g/mol. The molecular weight excluding hydrogens is 326 g/mol. The van der Waals surface area contributed by atoms with Crippen LogP contribution in [0.25, 0.3) is 0 Å². The maximum Gasteiger partial charge on any atom is 0.190 e. The third-order valence-electron chi connectivity index (χ3n) is 3.70. The van der Waals surface area contributed by atoms with Gasteiger partial charge in [0.05, 0.1) is 10.6 Å². The fourth-order valence-corrected chi connectivity index (χ4v) is 4.00. The number of rotatable bonds is 6. The molecule has 2 aromatic rings. The summed E-state index contributed by atoms with van der Waals surface area (Å²) in [4.78, 5) is 0.336. The molecule has 0 heterocycles. The van der Waals surface area contributed by atoms with Crippen LogP contribution >= 0.6 is 0 Å². The van der Waals surface area contributed by atoms with Crippen LogP contribution < -0.4 is 15.8 Å². The molecule has 0 bridgehead atoms. The number of anilines is 1. The zero-order chi connectivity index (χ0) is 17.2. The summed E-state index contributed by atoms with van der Waals surface area (Å²) in [6, 6.07) is 13.4. The molecule has 126 valence electrons. The number of nitrogens with two attached hydrogens (primary N) is 1. The summed E-state index contributed by atoms with van der Waals surface area (Å²) < 4.78 is 30.1. The largest absolute Gasteiger partial charge is 0.457 e. The van der Waals surface area contributed by atoms with Crippen molar-refractivity contribution in [1.29, 1.82) is 5.41 Å². The zero-order valence-electron chi connectivity index (χ0n) is 13.0. The van der Waals surface area contributed by atoms with E-state index in [0.717, 1.165) is 12.8 Å². The van der Waals surface area contributed by atoms with Crippen LogP contribution in [0.15, 0.2) is 53.4 Å². The van der Waals surface area contributed by atoms with E-state index in [2.05, 4.69) is 5.32 Å². The Morgan fingerprint density at radius 3 is 2.12 bits per heavy atom. The van der Waals surface area contributed by atoms with Crippen molar-refractivity contribution in [2.24, 2.45) is 11.7 Å². The third-order valence-corrected chi connectivity index (χ3v) is 5.60. The minimum Gasteiger partial charge on any atom is -0.457 e. The van der Waals surface area contributed by atoms with Gasteiger partial charge < -0.3 is 15.8 Å². The van der Waals surface area contributed by atoms with Crippen molar-refractivity contribution < 1.29 is 13.2 Å². The van der Waals surface area contributed by atoms with Crippen molar-refractivity contribution in [3.63, 3.8) is 0 Å². The molecule has 3 rings (SSSR count). The van der Waals surface area contributed by atoms with Crippen molar-refractivity contribution in [2.75, 3.05) is 11.1 Å². The van der Waals surface area contributed by atoms with E-state index in [1.807, 2.05) is 0 Å². The third kappa shape index (κ3) is 4.26. The lowest BCUT2D eigenvalue weighted by Gasteiger charge is -2.09. The molecular formula is C17H19N3O3S. The van der Waals surface area contributed by atoms with Gasteiger partial charge in [0, 0.05) is 5.69 Å². The number of hydrogen-bond acceptors (Lipinski definition) is 4. The molecule has 0 amide bonds. The molecule has 0 spiro atoms. The van der Waals surface area contributed by atoms with Gasteiger partial charge in [0.15, 0.2) is 15.8 Å². The van der Waals surface area contributed by atoms with E-state index in [4.69, 9.17) is 15.9 Å². The van der Waals surface area contributed by atoms with E-state index >= 15 is 0 Å². The molecule has 0 aromatic heterocycles. The molecule has 6 nitrogen and oxygen atoms in total. The van der Waals surface area contributed by atoms with Gasteiger partial charge in [-0.25, -0.2) is 8.42 Å². The van der Waals surface area contributed by atoms with Gasteiger partial charge in [-0.2, -0.15) is 0 Å². The normalized spacial score (nSPS) is 14.2. The van der Waals surface area contributed by atoms with Gasteiger partial charge in [-0.15, -0.1) is 0 Å². The Labute approximate surface area is 141 Å². The van der Waals surface area contributed by atoms with Gasteiger partial charge in [-0.3, -0.25) is 5.41 Å². The summed E-state index contributed by atoms with van der Waals surface area (Å²) in [5, 5.41) is 9.85. The summed E-state index contributed by atoms with van der Waals surface area (Å²) >= 11 is 0.